The van der Waals surface area contributed by atoms with Crippen molar-refractivity contribution in [2.75, 3.05) is 24.3 Å². The molecule has 27 heavy (non-hydrogen) atoms. The molecule has 0 aliphatic carbocycles. The maximum absolute atomic E-state index is 13.6. The van der Waals surface area contributed by atoms with Crippen molar-refractivity contribution in [3.63, 3.8) is 0 Å². The van der Waals surface area contributed by atoms with Crippen molar-refractivity contribution in [1.29, 1.82) is 0 Å². The number of benzene rings is 2. The number of carbonyl (C=O) groups excluding carboxylic acids is 1. The van der Waals surface area contributed by atoms with E-state index in [1.165, 1.54) is 13.2 Å². The second kappa shape index (κ2) is 8.80. The van der Waals surface area contributed by atoms with Gasteiger partial charge in [-0.1, -0.05) is 30.3 Å². The van der Waals surface area contributed by atoms with Crippen LogP contribution in [0, 0.1) is 5.82 Å². The highest BCUT2D eigenvalue weighted by atomic mass is 19.1. The zero-order chi connectivity index (χ0) is 19.1. The fraction of sp³-hybridized carbons (Fsp3) is 0.143. The Morgan fingerprint density at radius 2 is 1.85 bits per heavy atom. The Balaban J connectivity index is 1.55. The first kappa shape index (κ1) is 18.4. The monoisotopic (exact) mass is 365 g/mol. The quantitative estimate of drug-likeness (QED) is 0.661. The first-order chi connectivity index (χ1) is 13.2. The van der Waals surface area contributed by atoms with E-state index in [4.69, 9.17) is 4.74 Å². The van der Waals surface area contributed by atoms with Crippen LogP contribution >= 0.6 is 0 Å². The molecule has 138 valence electrons. The third-order valence-electron chi connectivity index (χ3n) is 4.04. The SMILES string of the molecule is COc1ccccc1C(=O)Nc1ccc(NCCc2ccccc2F)cn1. The van der Waals surface area contributed by atoms with E-state index >= 15 is 0 Å². The molecule has 0 aliphatic heterocycles. The highest BCUT2D eigenvalue weighted by molar-refractivity contribution is 6.05. The van der Waals surface area contributed by atoms with Gasteiger partial charge in [-0.15, -0.1) is 0 Å². The first-order valence-corrected chi connectivity index (χ1v) is 8.55. The summed E-state index contributed by atoms with van der Waals surface area (Å²) in [5.41, 5.74) is 1.90. The van der Waals surface area contributed by atoms with Crippen LogP contribution in [0.4, 0.5) is 15.9 Å². The van der Waals surface area contributed by atoms with E-state index in [2.05, 4.69) is 15.6 Å². The lowest BCUT2D eigenvalue weighted by molar-refractivity contribution is 0.102. The number of hydrogen-bond acceptors (Lipinski definition) is 4. The molecule has 0 spiro atoms. The number of nitrogens with zero attached hydrogens (tertiary/aromatic N) is 1. The molecule has 0 fully saturated rings. The fourth-order valence-electron chi connectivity index (χ4n) is 2.63. The number of amides is 1. The Kier molecular flexibility index (Phi) is 5.99. The minimum atomic E-state index is -0.291. The highest BCUT2D eigenvalue weighted by Gasteiger charge is 2.12. The van der Waals surface area contributed by atoms with Crippen LogP contribution in [0.1, 0.15) is 15.9 Å². The summed E-state index contributed by atoms with van der Waals surface area (Å²) in [4.78, 5) is 16.6. The van der Waals surface area contributed by atoms with Crippen molar-refractivity contribution >= 4 is 17.4 Å². The molecule has 1 heterocycles. The number of carbonyl (C=O) groups is 1. The molecular weight excluding hydrogens is 345 g/mol. The average Bonchev–Trinajstić information content (AvgIpc) is 2.70. The molecular formula is C21H20FN3O2. The predicted octanol–water partition coefficient (Wildman–Crippen LogP) is 4.14. The topological polar surface area (TPSA) is 63.2 Å². The Bertz CT molecular complexity index is 913. The van der Waals surface area contributed by atoms with Crippen molar-refractivity contribution in [1.82, 2.24) is 4.98 Å². The number of rotatable bonds is 7. The summed E-state index contributed by atoms with van der Waals surface area (Å²) in [5, 5.41) is 5.93. The standard InChI is InChI=1S/C21H20FN3O2/c1-27-19-9-5-3-7-17(19)21(26)25-20-11-10-16(14-24-20)23-13-12-15-6-2-4-8-18(15)22/h2-11,14,23H,12-13H2,1H3,(H,24,25,26). The van der Waals surface area contributed by atoms with E-state index < -0.39 is 0 Å². The van der Waals surface area contributed by atoms with E-state index in [9.17, 15) is 9.18 Å². The van der Waals surface area contributed by atoms with Crippen molar-refractivity contribution in [2.45, 2.75) is 6.42 Å². The first-order valence-electron chi connectivity index (χ1n) is 8.55. The van der Waals surface area contributed by atoms with E-state index in [0.29, 0.717) is 35.7 Å². The molecule has 0 unspecified atom stereocenters. The molecule has 2 N–H and O–H groups in total. The van der Waals surface area contributed by atoms with Gasteiger partial charge in [-0.25, -0.2) is 9.37 Å². The summed E-state index contributed by atoms with van der Waals surface area (Å²) in [7, 11) is 1.52. The molecule has 5 nitrogen and oxygen atoms in total. The molecule has 0 aliphatic rings. The van der Waals surface area contributed by atoms with Crippen LogP contribution in [0.15, 0.2) is 66.9 Å². The maximum Gasteiger partial charge on any atom is 0.260 e. The van der Waals surface area contributed by atoms with Crippen LogP contribution in [-0.4, -0.2) is 24.5 Å². The number of ether oxygens (including phenoxy) is 1. The maximum atomic E-state index is 13.6. The molecule has 0 radical (unpaired) electrons. The Hall–Kier alpha value is -3.41. The summed E-state index contributed by atoms with van der Waals surface area (Å²) in [6, 6.07) is 17.2. The summed E-state index contributed by atoms with van der Waals surface area (Å²) >= 11 is 0. The van der Waals surface area contributed by atoms with E-state index in [-0.39, 0.29) is 11.7 Å². The smallest absolute Gasteiger partial charge is 0.260 e. The second-order valence-electron chi connectivity index (χ2n) is 5.85. The van der Waals surface area contributed by atoms with E-state index in [1.54, 1.807) is 48.7 Å². The summed E-state index contributed by atoms with van der Waals surface area (Å²) in [6.07, 6.45) is 2.19. The molecule has 3 aromatic rings. The number of aromatic nitrogens is 1. The van der Waals surface area contributed by atoms with Crippen LogP contribution in [-0.2, 0) is 6.42 Å². The van der Waals surface area contributed by atoms with Crippen LogP contribution in [0.25, 0.3) is 0 Å². The Morgan fingerprint density at radius 3 is 2.59 bits per heavy atom. The van der Waals surface area contributed by atoms with Crippen molar-refractivity contribution < 1.29 is 13.9 Å². The fourth-order valence-corrected chi connectivity index (χ4v) is 2.63. The molecule has 3 rings (SSSR count). The number of methoxy groups -OCH3 is 1. The third kappa shape index (κ3) is 4.82. The Labute approximate surface area is 157 Å². The van der Waals surface area contributed by atoms with Gasteiger partial charge in [-0.05, 0) is 42.3 Å². The van der Waals surface area contributed by atoms with Gasteiger partial charge in [0.15, 0.2) is 0 Å². The largest absolute Gasteiger partial charge is 0.496 e. The molecule has 1 amide bonds. The molecule has 0 atom stereocenters. The summed E-state index contributed by atoms with van der Waals surface area (Å²) in [5.74, 6) is 0.444. The Morgan fingerprint density at radius 1 is 1.07 bits per heavy atom. The molecule has 6 heteroatoms. The molecule has 2 aromatic carbocycles. The molecule has 1 aromatic heterocycles. The van der Waals surface area contributed by atoms with Gasteiger partial charge in [0.1, 0.15) is 17.4 Å². The van der Waals surface area contributed by atoms with Crippen LogP contribution in [0.5, 0.6) is 5.75 Å². The van der Waals surface area contributed by atoms with Gasteiger partial charge in [0, 0.05) is 6.54 Å². The normalized spacial score (nSPS) is 10.3. The minimum Gasteiger partial charge on any atom is -0.496 e. The van der Waals surface area contributed by atoms with Gasteiger partial charge in [0.25, 0.3) is 5.91 Å². The number of halogens is 1. The van der Waals surface area contributed by atoms with Gasteiger partial charge in [-0.2, -0.15) is 0 Å². The minimum absolute atomic E-state index is 0.202. The van der Waals surface area contributed by atoms with Gasteiger partial charge < -0.3 is 15.4 Å². The van der Waals surface area contributed by atoms with Crippen LogP contribution in [0.3, 0.4) is 0 Å². The summed E-state index contributed by atoms with van der Waals surface area (Å²) < 4.78 is 18.8. The van der Waals surface area contributed by atoms with Crippen molar-refractivity contribution in [3.8, 4) is 5.75 Å². The van der Waals surface area contributed by atoms with Crippen molar-refractivity contribution in [3.05, 3.63) is 83.8 Å². The lowest BCUT2D eigenvalue weighted by Gasteiger charge is -2.10. The highest BCUT2D eigenvalue weighted by Crippen LogP contribution is 2.19. The number of para-hydroxylation sites is 1. The predicted molar refractivity (Wildman–Crippen MR) is 104 cm³/mol. The van der Waals surface area contributed by atoms with Crippen LogP contribution in [0.2, 0.25) is 0 Å². The van der Waals surface area contributed by atoms with E-state index in [0.717, 1.165) is 5.69 Å². The number of hydrogen-bond donors (Lipinski definition) is 2. The molecule has 0 saturated heterocycles. The summed E-state index contributed by atoms with van der Waals surface area (Å²) in [6.45, 7) is 0.579. The number of pyridine rings is 1. The molecule has 0 bridgehead atoms. The van der Waals surface area contributed by atoms with Gasteiger partial charge in [0.2, 0.25) is 0 Å². The second-order valence-corrected chi connectivity index (χ2v) is 5.85. The van der Waals surface area contributed by atoms with Gasteiger partial charge in [-0.3, -0.25) is 4.79 Å². The lowest BCUT2D eigenvalue weighted by atomic mass is 10.1. The third-order valence-corrected chi connectivity index (χ3v) is 4.04. The number of anilines is 2. The molecule has 0 saturated carbocycles. The average molecular weight is 365 g/mol. The zero-order valence-corrected chi connectivity index (χ0v) is 14.9. The van der Waals surface area contributed by atoms with Gasteiger partial charge >= 0.3 is 0 Å². The lowest BCUT2D eigenvalue weighted by Crippen LogP contribution is -2.14. The van der Waals surface area contributed by atoms with Gasteiger partial charge in [0.05, 0.1) is 24.6 Å². The number of nitrogens with one attached hydrogen (secondary N) is 2. The van der Waals surface area contributed by atoms with Crippen LogP contribution < -0.4 is 15.4 Å². The zero-order valence-electron chi connectivity index (χ0n) is 14.9. The van der Waals surface area contributed by atoms with Crippen molar-refractivity contribution in [2.24, 2.45) is 0 Å². The van der Waals surface area contributed by atoms with E-state index in [1.807, 2.05) is 12.1 Å².